The molecule has 104 valence electrons. The van der Waals surface area contributed by atoms with Gasteiger partial charge in [0.15, 0.2) is 5.76 Å². The molecule has 0 aliphatic carbocycles. The first-order valence-corrected chi connectivity index (χ1v) is 5.73. The number of anilines is 1. The molecular weight excluding hydrogens is 265 g/mol. The zero-order valence-electron chi connectivity index (χ0n) is 10.9. The number of esters is 1. The molecule has 0 unspecified atom stereocenters. The number of carbonyl (C=O) groups excluding carboxylic acids is 2. The Bertz CT molecular complexity index is 633. The lowest BCUT2D eigenvalue weighted by atomic mass is 10.2. The molecule has 0 aliphatic heterocycles. The van der Waals surface area contributed by atoms with Gasteiger partial charge in [0.25, 0.3) is 5.91 Å². The molecule has 1 aromatic carbocycles. The quantitative estimate of drug-likeness (QED) is 0.809. The Labute approximate surface area is 114 Å². The number of furan rings is 1. The fourth-order valence-electron chi connectivity index (χ4n) is 1.62. The van der Waals surface area contributed by atoms with Crippen LogP contribution in [-0.2, 0) is 4.74 Å². The zero-order valence-corrected chi connectivity index (χ0v) is 10.9. The smallest absolute Gasteiger partial charge is 0.341 e. The van der Waals surface area contributed by atoms with E-state index in [9.17, 15) is 14.0 Å². The van der Waals surface area contributed by atoms with Crippen molar-refractivity contribution in [2.75, 3.05) is 19.1 Å². The molecule has 0 radical (unpaired) electrons. The Balaban J connectivity index is 2.20. The Morgan fingerprint density at radius 1 is 1.25 bits per heavy atom. The summed E-state index contributed by atoms with van der Waals surface area (Å²) in [4.78, 5) is 24.7. The number of carbonyl (C=O) groups is 2. The number of ether oxygens (including phenoxy) is 1. The van der Waals surface area contributed by atoms with E-state index in [1.807, 2.05) is 0 Å². The highest BCUT2D eigenvalue weighted by Crippen LogP contribution is 2.17. The monoisotopic (exact) mass is 277 g/mol. The van der Waals surface area contributed by atoms with Crippen LogP contribution in [0.25, 0.3) is 0 Å². The predicted molar refractivity (Wildman–Crippen MR) is 69.2 cm³/mol. The average molecular weight is 277 g/mol. The van der Waals surface area contributed by atoms with Gasteiger partial charge in [-0.2, -0.15) is 0 Å². The van der Waals surface area contributed by atoms with Crippen molar-refractivity contribution in [3.8, 4) is 0 Å². The molecule has 20 heavy (non-hydrogen) atoms. The topological polar surface area (TPSA) is 59.8 Å². The van der Waals surface area contributed by atoms with Crippen LogP contribution in [0.15, 0.2) is 41.0 Å². The van der Waals surface area contributed by atoms with Crippen LogP contribution in [0.4, 0.5) is 10.1 Å². The molecule has 0 saturated heterocycles. The molecule has 0 atom stereocenters. The standard InChI is InChI=1S/C14H12FNO4/c1-16(11-5-3-10(15)4-6-11)13(17)12-7-9(8-20-12)14(18)19-2/h3-8H,1-2H3. The molecule has 0 spiro atoms. The van der Waals surface area contributed by atoms with Gasteiger partial charge in [0.2, 0.25) is 0 Å². The largest absolute Gasteiger partial charge is 0.465 e. The molecule has 1 aromatic heterocycles. The van der Waals surface area contributed by atoms with Crippen LogP contribution >= 0.6 is 0 Å². The van der Waals surface area contributed by atoms with Crippen molar-refractivity contribution < 1.29 is 23.1 Å². The second-order valence-corrected chi connectivity index (χ2v) is 4.03. The van der Waals surface area contributed by atoms with Crippen LogP contribution in [0, 0.1) is 5.82 Å². The maximum absolute atomic E-state index is 12.8. The Hall–Kier alpha value is -2.63. The van der Waals surface area contributed by atoms with Crippen LogP contribution in [0.2, 0.25) is 0 Å². The van der Waals surface area contributed by atoms with Crippen molar-refractivity contribution >= 4 is 17.6 Å². The minimum Gasteiger partial charge on any atom is -0.465 e. The van der Waals surface area contributed by atoms with E-state index in [1.165, 1.54) is 49.4 Å². The van der Waals surface area contributed by atoms with Crippen molar-refractivity contribution in [3.05, 3.63) is 53.7 Å². The summed E-state index contributed by atoms with van der Waals surface area (Å²) in [5, 5.41) is 0. The molecule has 6 heteroatoms. The molecular formula is C14H12FNO4. The highest BCUT2D eigenvalue weighted by molar-refractivity contribution is 6.05. The van der Waals surface area contributed by atoms with Gasteiger partial charge in [0, 0.05) is 18.8 Å². The molecule has 2 rings (SSSR count). The third kappa shape index (κ3) is 2.69. The second kappa shape index (κ2) is 5.56. The summed E-state index contributed by atoms with van der Waals surface area (Å²) in [5.41, 5.74) is 0.663. The molecule has 1 heterocycles. The predicted octanol–water partition coefficient (Wildman–Crippen LogP) is 2.48. The maximum Gasteiger partial charge on any atom is 0.341 e. The van der Waals surface area contributed by atoms with E-state index in [0.717, 1.165) is 6.26 Å². The fraction of sp³-hybridized carbons (Fsp3) is 0.143. The summed E-state index contributed by atoms with van der Waals surface area (Å²) >= 11 is 0. The summed E-state index contributed by atoms with van der Waals surface area (Å²) < 4.78 is 22.4. The molecule has 0 aliphatic rings. The first kappa shape index (κ1) is 13.8. The second-order valence-electron chi connectivity index (χ2n) is 4.03. The lowest BCUT2D eigenvalue weighted by molar-refractivity contribution is 0.0600. The summed E-state index contributed by atoms with van der Waals surface area (Å²) in [5.74, 6) is -1.43. The van der Waals surface area contributed by atoms with Crippen molar-refractivity contribution in [3.63, 3.8) is 0 Å². The van der Waals surface area contributed by atoms with Crippen LogP contribution in [-0.4, -0.2) is 26.0 Å². The van der Waals surface area contributed by atoms with Crippen LogP contribution in [0.1, 0.15) is 20.9 Å². The lowest BCUT2D eigenvalue weighted by Crippen LogP contribution is -2.25. The number of hydrogen-bond acceptors (Lipinski definition) is 4. The average Bonchev–Trinajstić information content (AvgIpc) is 2.95. The van der Waals surface area contributed by atoms with Gasteiger partial charge in [-0.05, 0) is 24.3 Å². The number of nitrogens with zero attached hydrogens (tertiary/aromatic N) is 1. The lowest BCUT2D eigenvalue weighted by Gasteiger charge is -2.15. The van der Waals surface area contributed by atoms with Crippen molar-refractivity contribution in [2.45, 2.75) is 0 Å². The minimum absolute atomic E-state index is 0.00257. The van der Waals surface area contributed by atoms with Gasteiger partial charge in [0.05, 0.1) is 12.7 Å². The van der Waals surface area contributed by atoms with Crippen LogP contribution < -0.4 is 4.90 Å². The first-order chi connectivity index (χ1) is 9.52. The summed E-state index contributed by atoms with van der Waals surface area (Å²) in [6.45, 7) is 0. The number of rotatable bonds is 3. The third-order valence-corrected chi connectivity index (χ3v) is 2.75. The van der Waals surface area contributed by atoms with E-state index in [1.54, 1.807) is 0 Å². The van der Waals surface area contributed by atoms with Crippen LogP contribution in [0.5, 0.6) is 0 Å². The van der Waals surface area contributed by atoms with Crippen LogP contribution in [0.3, 0.4) is 0 Å². The summed E-state index contributed by atoms with van der Waals surface area (Å²) in [7, 11) is 2.76. The first-order valence-electron chi connectivity index (χ1n) is 5.73. The summed E-state index contributed by atoms with van der Waals surface area (Å²) in [6, 6.07) is 6.74. The van der Waals surface area contributed by atoms with Crippen molar-refractivity contribution in [1.29, 1.82) is 0 Å². The third-order valence-electron chi connectivity index (χ3n) is 2.75. The number of methoxy groups -OCH3 is 1. The molecule has 0 saturated carbocycles. The van der Waals surface area contributed by atoms with E-state index >= 15 is 0 Å². The zero-order chi connectivity index (χ0) is 14.7. The molecule has 0 bridgehead atoms. The van der Waals surface area contributed by atoms with E-state index in [4.69, 9.17) is 4.42 Å². The van der Waals surface area contributed by atoms with E-state index in [-0.39, 0.29) is 17.1 Å². The Morgan fingerprint density at radius 2 is 1.90 bits per heavy atom. The van der Waals surface area contributed by atoms with E-state index in [0.29, 0.717) is 5.69 Å². The summed E-state index contributed by atoms with van der Waals surface area (Å²) in [6.07, 6.45) is 1.15. The van der Waals surface area contributed by atoms with E-state index in [2.05, 4.69) is 4.74 Å². The van der Waals surface area contributed by atoms with E-state index < -0.39 is 11.9 Å². The SMILES string of the molecule is COC(=O)c1coc(C(=O)N(C)c2ccc(F)cc2)c1. The highest BCUT2D eigenvalue weighted by Gasteiger charge is 2.19. The van der Waals surface area contributed by atoms with Gasteiger partial charge >= 0.3 is 5.97 Å². The normalized spacial score (nSPS) is 10.2. The molecule has 5 nitrogen and oxygen atoms in total. The fourth-order valence-corrected chi connectivity index (χ4v) is 1.62. The van der Waals surface area contributed by atoms with Gasteiger partial charge in [-0.25, -0.2) is 9.18 Å². The highest BCUT2D eigenvalue weighted by atomic mass is 19.1. The van der Waals surface area contributed by atoms with Gasteiger partial charge in [-0.15, -0.1) is 0 Å². The minimum atomic E-state index is -0.586. The Kier molecular flexibility index (Phi) is 3.84. The maximum atomic E-state index is 12.8. The molecule has 2 aromatic rings. The number of halogens is 1. The van der Waals surface area contributed by atoms with Gasteiger partial charge in [-0.3, -0.25) is 4.79 Å². The van der Waals surface area contributed by atoms with Crippen molar-refractivity contribution in [1.82, 2.24) is 0 Å². The van der Waals surface area contributed by atoms with Crippen molar-refractivity contribution in [2.24, 2.45) is 0 Å². The molecule has 0 N–H and O–H groups in total. The molecule has 0 fully saturated rings. The number of amides is 1. The molecule has 1 amide bonds. The van der Waals surface area contributed by atoms with Gasteiger partial charge < -0.3 is 14.1 Å². The Morgan fingerprint density at radius 3 is 2.50 bits per heavy atom. The van der Waals surface area contributed by atoms with Gasteiger partial charge in [0.1, 0.15) is 12.1 Å². The number of benzene rings is 1. The van der Waals surface area contributed by atoms with Gasteiger partial charge in [-0.1, -0.05) is 0 Å². The number of hydrogen-bond donors (Lipinski definition) is 0.